The van der Waals surface area contributed by atoms with Crippen LogP contribution in [0.2, 0.25) is 5.28 Å². The highest BCUT2D eigenvalue weighted by Crippen LogP contribution is 2.32. The van der Waals surface area contributed by atoms with Crippen molar-refractivity contribution in [2.24, 2.45) is 5.92 Å². The van der Waals surface area contributed by atoms with Gasteiger partial charge in [0.2, 0.25) is 17.2 Å². The maximum absolute atomic E-state index is 6.15. The molecule has 2 heterocycles. The van der Waals surface area contributed by atoms with Gasteiger partial charge in [0, 0.05) is 25.7 Å². The van der Waals surface area contributed by atoms with E-state index in [1.807, 2.05) is 0 Å². The van der Waals surface area contributed by atoms with E-state index in [-0.39, 0.29) is 0 Å². The summed E-state index contributed by atoms with van der Waals surface area (Å²) in [4.78, 5) is 17.9. The Balaban J connectivity index is 1.84. The van der Waals surface area contributed by atoms with Gasteiger partial charge in [-0.2, -0.15) is 15.0 Å². The number of halogens is 1. The van der Waals surface area contributed by atoms with Crippen molar-refractivity contribution in [2.75, 3.05) is 29.4 Å². The van der Waals surface area contributed by atoms with Crippen LogP contribution in [0, 0.1) is 5.92 Å². The van der Waals surface area contributed by atoms with Gasteiger partial charge in [-0.15, -0.1) is 0 Å². The van der Waals surface area contributed by atoms with Crippen molar-refractivity contribution in [1.82, 2.24) is 15.0 Å². The highest BCUT2D eigenvalue weighted by Gasteiger charge is 2.28. The molecular weight excluding hydrogens is 286 g/mol. The van der Waals surface area contributed by atoms with Crippen LogP contribution in [0.25, 0.3) is 0 Å². The number of anilines is 2. The first-order valence-corrected chi connectivity index (χ1v) is 8.44. The largest absolute Gasteiger partial charge is 0.341 e. The van der Waals surface area contributed by atoms with E-state index >= 15 is 0 Å². The number of hydrogen-bond donors (Lipinski definition) is 0. The van der Waals surface area contributed by atoms with Crippen LogP contribution in [-0.4, -0.2) is 40.6 Å². The van der Waals surface area contributed by atoms with Gasteiger partial charge in [0.05, 0.1) is 0 Å². The lowest BCUT2D eigenvalue weighted by Gasteiger charge is -2.30. The summed E-state index contributed by atoms with van der Waals surface area (Å²) in [5, 5.41) is 0.307. The zero-order chi connectivity index (χ0) is 14.8. The van der Waals surface area contributed by atoms with Crippen molar-refractivity contribution in [3.8, 4) is 0 Å². The summed E-state index contributed by atoms with van der Waals surface area (Å²) in [5.74, 6) is 2.27. The van der Waals surface area contributed by atoms with Gasteiger partial charge in [0.15, 0.2) is 0 Å². The minimum atomic E-state index is 0.307. The normalized spacial score (nSPS) is 19.1. The van der Waals surface area contributed by atoms with Crippen molar-refractivity contribution in [3.05, 3.63) is 5.28 Å². The molecule has 0 unspecified atom stereocenters. The Hall–Kier alpha value is -1.10. The Morgan fingerprint density at radius 1 is 1.14 bits per heavy atom. The lowest BCUT2D eigenvalue weighted by atomic mass is 10.1. The van der Waals surface area contributed by atoms with Crippen molar-refractivity contribution < 1.29 is 0 Å². The molecule has 1 aliphatic heterocycles. The van der Waals surface area contributed by atoms with Crippen LogP contribution in [0.15, 0.2) is 0 Å². The summed E-state index contributed by atoms with van der Waals surface area (Å²) in [7, 11) is 0. The molecule has 5 nitrogen and oxygen atoms in total. The lowest BCUT2D eigenvalue weighted by Crippen LogP contribution is -2.36. The first-order chi connectivity index (χ1) is 10.1. The van der Waals surface area contributed by atoms with Crippen molar-refractivity contribution in [3.63, 3.8) is 0 Å². The molecule has 2 fully saturated rings. The molecule has 0 radical (unpaired) electrons. The summed E-state index contributed by atoms with van der Waals surface area (Å²) < 4.78 is 0. The van der Waals surface area contributed by atoms with Crippen LogP contribution < -0.4 is 9.80 Å². The van der Waals surface area contributed by atoms with Crippen LogP contribution in [0.1, 0.15) is 46.0 Å². The molecule has 0 N–H and O–H groups in total. The predicted molar refractivity (Wildman–Crippen MR) is 86.1 cm³/mol. The maximum atomic E-state index is 6.15. The number of piperidine rings is 1. The molecule has 116 valence electrons. The van der Waals surface area contributed by atoms with Crippen molar-refractivity contribution in [1.29, 1.82) is 0 Å². The molecule has 21 heavy (non-hydrogen) atoms. The Kier molecular flexibility index (Phi) is 4.48. The Bertz CT molecular complexity index is 483. The fourth-order valence-corrected chi connectivity index (χ4v) is 2.95. The van der Waals surface area contributed by atoms with Crippen LogP contribution in [0.4, 0.5) is 11.9 Å². The molecule has 6 heteroatoms. The van der Waals surface area contributed by atoms with Gasteiger partial charge in [-0.1, -0.05) is 0 Å². The van der Waals surface area contributed by atoms with Gasteiger partial charge in [-0.25, -0.2) is 0 Å². The highest BCUT2D eigenvalue weighted by atomic mass is 35.5. The van der Waals surface area contributed by atoms with Gasteiger partial charge >= 0.3 is 0 Å². The molecule has 1 aromatic rings. The van der Waals surface area contributed by atoms with E-state index in [4.69, 9.17) is 16.6 Å². The van der Waals surface area contributed by atoms with E-state index in [0.29, 0.717) is 11.3 Å². The van der Waals surface area contributed by atoms with E-state index in [1.54, 1.807) is 0 Å². The number of aromatic nitrogens is 3. The topological polar surface area (TPSA) is 45.2 Å². The second kappa shape index (κ2) is 6.34. The van der Waals surface area contributed by atoms with E-state index < -0.39 is 0 Å². The van der Waals surface area contributed by atoms with Gasteiger partial charge in [-0.05, 0) is 63.5 Å². The standard InChI is InChI=1S/C15H24ClN5/c1-11(2)21(10-12-6-7-12)15-18-13(16)17-14(19-15)20-8-4-3-5-9-20/h11-12H,3-10H2,1-2H3. The van der Waals surface area contributed by atoms with Gasteiger partial charge in [0.25, 0.3) is 0 Å². The minimum absolute atomic E-state index is 0.307. The molecule has 0 aromatic carbocycles. The Labute approximate surface area is 131 Å². The average molecular weight is 310 g/mol. The minimum Gasteiger partial charge on any atom is -0.341 e. The lowest BCUT2D eigenvalue weighted by molar-refractivity contribution is 0.564. The van der Waals surface area contributed by atoms with E-state index in [0.717, 1.165) is 37.4 Å². The average Bonchev–Trinajstić information content (AvgIpc) is 3.29. The zero-order valence-electron chi connectivity index (χ0n) is 12.9. The molecule has 0 bridgehead atoms. The van der Waals surface area contributed by atoms with Crippen LogP contribution in [-0.2, 0) is 0 Å². The monoisotopic (exact) mass is 309 g/mol. The van der Waals surface area contributed by atoms with E-state index in [1.165, 1.54) is 32.1 Å². The summed E-state index contributed by atoms with van der Waals surface area (Å²) in [5.41, 5.74) is 0. The molecule has 1 saturated heterocycles. The fourth-order valence-electron chi connectivity index (χ4n) is 2.80. The van der Waals surface area contributed by atoms with Crippen molar-refractivity contribution in [2.45, 2.75) is 52.0 Å². The molecule has 1 saturated carbocycles. The number of hydrogen-bond acceptors (Lipinski definition) is 5. The molecule has 1 aliphatic carbocycles. The summed E-state index contributed by atoms with van der Waals surface area (Å²) >= 11 is 6.15. The molecule has 3 rings (SSSR count). The molecule has 0 amide bonds. The van der Waals surface area contributed by atoms with Crippen LogP contribution >= 0.6 is 11.6 Å². The van der Waals surface area contributed by atoms with Gasteiger partial charge in [0.1, 0.15) is 0 Å². The predicted octanol–water partition coefficient (Wildman–Crippen LogP) is 3.14. The highest BCUT2D eigenvalue weighted by molar-refractivity contribution is 6.28. The molecule has 0 spiro atoms. The SMILES string of the molecule is CC(C)N(CC1CC1)c1nc(Cl)nc(N2CCCCC2)n1. The third kappa shape index (κ3) is 3.76. The van der Waals surface area contributed by atoms with Crippen LogP contribution in [0.5, 0.6) is 0 Å². The summed E-state index contributed by atoms with van der Waals surface area (Å²) in [6, 6.07) is 0.373. The number of rotatable bonds is 5. The maximum Gasteiger partial charge on any atom is 0.231 e. The second-order valence-corrected chi connectivity index (χ2v) is 6.78. The third-order valence-corrected chi connectivity index (χ3v) is 4.42. The Morgan fingerprint density at radius 2 is 1.86 bits per heavy atom. The van der Waals surface area contributed by atoms with Gasteiger partial charge in [-0.3, -0.25) is 0 Å². The molecular formula is C15H24ClN5. The first kappa shape index (κ1) is 14.8. The smallest absolute Gasteiger partial charge is 0.231 e. The van der Waals surface area contributed by atoms with Gasteiger partial charge < -0.3 is 9.80 Å². The zero-order valence-corrected chi connectivity index (χ0v) is 13.7. The fraction of sp³-hybridized carbons (Fsp3) is 0.800. The molecule has 0 atom stereocenters. The van der Waals surface area contributed by atoms with Crippen molar-refractivity contribution >= 4 is 23.5 Å². The molecule has 1 aromatic heterocycles. The Morgan fingerprint density at radius 3 is 2.48 bits per heavy atom. The van der Waals surface area contributed by atoms with Crippen LogP contribution in [0.3, 0.4) is 0 Å². The second-order valence-electron chi connectivity index (χ2n) is 6.44. The first-order valence-electron chi connectivity index (χ1n) is 8.06. The summed E-state index contributed by atoms with van der Waals surface area (Å²) in [6.45, 7) is 7.42. The third-order valence-electron chi connectivity index (χ3n) is 4.26. The summed E-state index contributed by atoms with van der Waals surface area (Å²) in [6.07, 6.45) is 6.34. The quantitative estimate of drug-likeness (QED) is 0.836. The number of nitrogens with zero attached hydrogens (tertiary/aromatic N) is 5. The van der Waals surface area contributed by atoms with E-state index in [9.17, 15) is 0 Å². The molecule has 2 aliphatic rings. The van der Waals surface area contributed by atoms with E-state index in [2.05, 4.69) is 33.6 Å².